The van der Waals surface area contributed by atoms with Gasteiger partial charge in [-0.1, -0.05) is 43.4 Å². The van der Waals surface area contributed by atoms with Crippen molar-refractivity contribution in [3.8, 4) is 0 Å². The first-order valence-electron chi connectivity index (χ1n) is 6.85. The summed E-state index contributed by atoms with van der Waals surface area (Å²) in [6, 6.07) is 0. The van der Waals surface area contributed by atoms with E-state index >= 15 is 0 Å². The van der Waals surface area contributed by atoms with Crippen LogP contribution in [0, 0.1) is 0 Å². The van der Waals surface area contributed by atoms with E-state index < -0.39 is 0 Å². The highest BCUT2D eigenvalue weighted by Gasteiger charge is 1.88. The number of ether oxygens (including phenoxy) is 1. The largest absolute Gasteiger partial charge is 0.466 e. The Bertz CT molecular complexity index is 275. The Kier molecular flexibility index (Phi) is 12.8. The predicted molar refractivity (Wildman–Crippen MR) is 77.4 cm³/mol. The Hall–Kier alpha value is -1.31. The minimum absolute atomic E-state index is 0.203. The Morgan fingerprint density at radius 3 is 2.22 bits per heavy atom. The SMILES string of the molecule is CCC=CC/C=C\CCC/C=C/CCOC(C)=O. The van der Waals surface area contributed by atoms with E-state index in [-0.39, 0.29) is 5.97 Å². The summed E-state index contributed by atoms with van der Waals surface area (Å²) in [7, 11) is 0. The number of allylic oxidation sites excluding steroid dienone is 5. The summed E-state index contributed by atoms with van der Waals surface area (Å²) < 4.78 is 4.83. The lowest BCUT2D eigenvalue weighted by atomic mass is 10.2. The number of unbranched alkanes of at least 4 members (excludes halogenated alkanes) is 2. The zero-order chi connectivity index (χ0) is 13.5. The standard InChI is InChI=1S/C16H26O2/c1-3-4-5-6-7-8-9-10-11-12-13-14-15-18-16(2)17/h4-5,7-8,12-13H,3,6,9-11,14-15H2,1-2H3/b5-4?,8-7-,13-12+. The van der Waals surface area contributed by atoms with Crippen LogP contribution in [0.2, 0.25) is 0 Å². The number of esters is 1. The summed E-state index contributed by atoms with van der Waals surface area (Å²) >= 11 is 0. The molecule has 0 N–H and O–H groups in total. The first kappa shape index (κ1) is 16.7. The molecule has 0 bridgehead atoms. The lowest BCUT2D eigenvalue weighted by Crippen LogP contribution is -1.98. The fraction of sp³-hybridized carbons (Fsp3) is 0.562. The van der Waals surface area contributed by atoms with E-state index in [0.29, 0.717) is 6.61 Å². The van der Waals surface area contributed by atoms with Gasteiger partial charge < -0.3 is 4.74 Å². The molecule has 0 aliphatic heterocycles. The highest BCUT2D eigenvalue weighted by Crippen LogP contribution is 2.00. The van der Waals surface area contributed by atoms with Crippen LogP contribution in [0.5, 0.6) is 0 Å². The number of carbonyl (C=O) groups excluding carboxylic acids is 1. The zero-order valence-electron chi connectivity index (χ0n) is 11.7. The summed E-state index contributed by atoms with van der Waals surface area (Å²) in [6.07, 6.45) is 19.5. The molecule has 0 aromatic rings. The minimum Gasteiger partial charge on any atom is -0.466 e. The number of hydrogen-bond acceptors (Lipinski definition) is 2. The van der Waals surface area contributed by atoms with Crippen molar-refractivity contribution in [3.63, 3.8) is 0 Å². The van der Waals surface area contributed by atoms with Crippen LogP contribution in [0.3, 0.4) is 0 Å². The molecule has 0 saturated heterocycles. The molecular weight excluding hydrogens is 224 g/mol. The molecule has 0 aromatic carbocycles. The van der Waals surface area contributed by atoms with Gasteiger partial charge in [0.05, 0.1) is 6.61 Å². The van der Waals surface area contributed by atoms with Crippen molar-refractivity contribution < 1.29 is 9.53 Å². The van der Waals surface area contributed by atoms with Crippen molar-refractivity contribution >= 4 is 5.97 Å². The Labute approximate surface area is 111 Å². The molecule has 2 nitrogen and oxygen atoms in total. The van der Waals surface area contributed by atoms with Crippen LogP contribution >= 0.6 is 0 Å². The molecule has 0 saturated carbocycles. The maximum Gasteiger partial charge on any atom is 0.302 e. The maximum atomic E-state index is 10.5. The van der Waals surface area contributed by atoms with Crippen molar-refractivity contribution in [3.05, 3.63) is 36.5 Å². The third-order valence-corrected chi connectivity index (χ3v) is 2.34. The van der Waals surface area contributed by atoms with Crippen LogP contribution < -0.4 is 0 Å². The average Bonchev–Trinajstić information content (AvgIpc) is 2.34. The van der Waals surface area contributed by atoms with Crippen LogP contribution in [0.25, 0.3) is 0 Å². The Morgan fingerprint density at radius 1 is 0.944 bits per heavy atom. The molecule has 0 radical (unpaired) electrons. The predicted octanol–water partition coefficient (Wildman–Crippen LogP) is 4.58. The molecule has 0 aliphatic carbocycles. The number of hydrogen-bond donors (Lipinski definition) is 0. The van der Waals surface area contributed by atoms with Gasteiger partial charge in [-0.2, -0.15) is 0 Å². The van der Waals surface area contributed by atoms with E-state index in [9.17, 15) is 4.79 Å². The molecule has 0 unspecified atom stereocenters. The fourth-order valence-electron chi connectivity index (χ4n) is 1.42. The van der Waals surface area contributed by atoms with Gasteiger partial charge in [0.15, 0.2) is 0 Å². The lowest BCUT2D eigenvalue weighted by Gasteiger charge is -1.96. The third kappa shape index (κ3) is 14.7. The minimum atomic E-state index is -0.203. The van der Waals surface area contributed by atoms with E-state index in [1.54, 1.807) is 0 Å². The molecule has 0 fully saturated rings. The average molecular weight is 250 g/mol. The summed E-state index contributed by atoms with van der Waals surface area (Å²) in [5.41, 5.74) is 0. The van der Waals surface area contributed by atoms with Gasteiger partial charge in [-0.3, -0.25) is 4.79 Å². The lowest BCUT2D eigenvalue weighted by molar-refractivity contribution is -0.140. The molecule has 0 aliphatic rings. The molecule has 0 aromatic heterocycles. The summed E-state index contributed by atoms with van der Waals surface area (Å²) in [6.45, 7) is 4.08. The van der Waals surface area contributed by atoms with Gasteiger partial charge in [-0.25, -0.2) is 0 Å². The highest BCUT2D eigenvalue weighted by molar-refractivity contribution is 5.65. The normalized spacial score (nSPS) is 11.9. The van der Waals surface area contributed by atoms with Crippen LogP contribution in [0.4, 0.5) is 0 Å². The number of rotatable bonds is 10. The summed E-state index contributed by atoms with van der Waals surface area (Å²) in [5.74, 6) is -0.203. The first-order valence-corrected chi connectivity index (χ1v) is 6.85. The van der Waals surface area contributed by atoms with Gasteiger partial charge in [0.25, 0.3) is 0 Å². The summed E-state index contributed by atoms with van der Waals surface area (Å²) in [5, 5.41) is 0. The van der Waals surface area contributed by atoms with Crippen LogP contribution in [-0.4, -0.2) is 12.6 Å². The van der Waals surface area contributed by atoms with Gasteiger partial charge in [-0.05, 0) is 38.5 Å². The molecule has 0 amide bonds. The van der Waals surface area contributed by atoms with Crippen molar-refractivity contribution in [2.75, 3.05) is 6.61 Å². The van der Waals surface area contributed by atoms with Crippen molar-refractivity contribution in [2.24, 2.45) is 0 Å². The Balaban J connectivity index is 3.26. The first-order chi connectivity index (χ1) is 8.77. The molecule has 18 heavy (non-hydrogen) atoms. The van der Waals surface area contributed by atoms with Crippen molar-refractivity contribution in [2.45, 2.75) is 52.4 Å². The monoisotopic (exact) mass is 250 g/mol. The summed E-state index contributed by atoms with van der Waals surface area (Å²) in [4.78, 5) is 10.5. The van der Waals surface area contributed by atoms with Crippen LogP contribution in [0.1, 0.15) is 52.4 Å². The second-order valence-corrected chi connectivity index (χ2v) is 4.12. The number of carbonyl (C=O) groups is 1. The fourth-order valence-corrected chi connectivity index (χ4v) is 1.42. The molecule has 0 spiro atoms. The van der Waals surface area contributed by atoms with E-state index in [0.717, 1.165) is 32.1 Å². The molecule has 0 rings (SSSR count). The topological polar surface area (TPSA) is 26.3 Å². The second-order valence-electron chi connectivity index (χ2n) is 4.12. The molecule has 2 heteroatoms. The van der Waals surface area contributed by atoms with E-state index in [4.69, 9.17) is 4.74 Å². The quantitative estimate of drug-likeness (QED) is 0.322. The van der Waals surface area contributed by atoms with Gasteiger partial charge >= 0.3 is 5.97 Å². The maximum absolute atomic E-state index is 10.5. The third-order valence-electron chi connectivity index (χ3n) is 2.34. The molecule has 0 heterocycles. The Morgan fingerprint density at radius 2 is 1.56 bits per heavy atom. The van der Waals surface area contributed by atoms with Crippen LogP contribution in [0.15, 0.2) is 36.5 Å². The van der Waals surface area contributed by atoms with Crippen molar-refractivity contribution in [1.29, 1.82) is 0 Å². The molecular formula is C16H26O2. The smallest absolute Gasteiger partial charge is 0.302 e. The van der Waals surface area contributed by atoms with E-state index in [1.807, 2.05) is 0 Å². The van der Waals surface area contributed by atoms with Crippen LogP contribution in [-0.2, 0) is 9.53 Å². The molecule has 0 atom stereocenters. The highest BCUT2D eigenvalue weighted by atomic mass is 16.5. The molecule has 102 valence electrons. The second kappa shape index (κ2) is 13.8. The van der Waals surface area contributed by atoms with E-state index in [2.05, 4.69) is 43.4 Å². The van der Waals surface area contributed by atoms with Crippen molar-refractivity contribution in [1.82, 2.24) is 0 Å². The van der Waals surface area contributed by atoms with Gasteiger partial charge in [0, 0.05) is 6.92 Å². The van der Waals surface area contributed by atoms with Gasteiger partial charge in [0.1, 0.15) is 0 Å². The van der Waals surface area contributed by atoms with Gasteiger partial charge in [-0.15, -0.1) is 0 Å². The van der Waals surface area contributed by atoms with Gasteiger partial charge in [0.2, 0.25) is 0 Å². The van der Waals surface area contributed by atoms with E-state index in [1.165, 1.54) is 13.3 Å². The zero-order valence-corrected chi connectivity index (χ0v) is 11.7.